The number of aryl methyl sites for hydroxylation is 1. The molecular weight excluding hydrogens is 221 g/mol. The molecule has 0 bridgehead atoms. The summed E-state index contributed by atoms with van der Waals surface area (Å²) in [6, 6.07) is 5.01. The fraction of sp³-hybridized carbons (Fsp3) is 0.538. The van der Waals surface area contributed by atoms with E-state index in [1.54, 1.807) is 26.2 Å². The van der Waals surface area contributed by atoms with Crippen molar-refractivity contribution in [2.24, 2.45) is 0 Å². The molecule has 1 aromatic rings. The Hall–Kier alpha value is -1.13. The van der Waals surface area contributed by atoms with E-state index in [-0.39, 0.29) is 11.9 Å². The van der Waals surface area contributed by atoms with E-state index in [0.29, 0.717) is 24.5 Å². The molecule has 0 amide bonds. The SMILES string of the molecule is CCNC(COC)COc1ccc(C)c(F)c1. The van der Waals surface area contributed by atoms with Crippen LogP contribution in [0.1, 0.15) is 12.5 Å². The summed E-state index contributed by atoms with van der Waals surface area (Å²) in [5.41, 5.74) is 0.623. The third kappa shape index (κ3) is 4.71. The maximum absolute atomic E-state index is 13.3. The van der Waals surface area contributed by atoms with Gasteiger partial charge in [-0.2, -0.15) is 0 Å². The number of hydrogen-bond acceptors (Lipinski definition) is 3. The van der Waals surface area contributed by atoms with Gasteiger partial charge in [-0.05, 0) is 25.1 Å². The molecule has 1 unspecified atom stereocenters. The lowest BCUT2D eigenvalue weighted by molar-refractivity contribution is 0.137. The third-order valence-corrected chi connectivity index (χ3v) is 2.46. The molecule has 0 saturated heterocycles. The van der Waals surface area contributed by atoms with E-state index in [4.69, 9.17) is 9.47 Å². The maximum atomic E-state index is 13.3. The first-order chi connectivity index (χ1) is 8.17. The zero-order chi connectivity index (χ0) is 12.7. The number of halogens is 1. The van der Waals surface area contributed by atoms with Gasteiger partial charge in [0.2, 0.25) is 0 Å². The number of benzene rings is 1. The molecule has 4 heteroatoms. The van der Waals surface area contributed by atoms with Gasteiger partial charge in [0, 0.05) is 13.2 Å². The second kappa shape index (κ2) is 7.25. The highest BCUT2D eigenvalue weighted by atomic mass is 19.1. The predicted octanol–water partition coefficient (Wildman–Crippen LogP) is 2.14. The Morgan fingerprint density at radius 3 is 2.71 bits per heavy atom. The van der Waals surface area contributed by atoms with Crippen LogP contribution in [0.2, 0.25) is 0 Å². The molecule has 3 nitrogen and oxygen atoms in total. The molecule has 0 saturated carbocycles. The minimum absolute atomic E-state index is 0.120. The predicted molar refractivity (Wildman–Crippen MR) is 66.0 cm³/mol. The molecule has 0 heterocycles. The van der Waals surface area contributed by atoms with Crippen molar-refractivity contribution in [3.8, 4) is 5.75 Å². The Labute approximate surface area is 102 Å². The van der Waals surface area contributed by atoms with Crippen LogP contribution in [0.3, 0.4) is 0 Å². The minimum atomic E-state index is -0.241. The number of hydrogen-bond donors (Lipinski definition) is 1. The highest BCUT2D eigenvalue weighted by Crippen LogP contribution is 2.15. The van der Waals surface area contributed by atoms with Gasteiger partial charge in [-0.15, -0.1) is 0 Å². The van der Waals surface area contributed by atoms with Crippen LogP contribution in [0.25, 0.3) is 0 Å². The smallest absolute Gasteiger partial charge is 0.129 e. The fourth-order valence-corrected chi connectivity index (χ4v) is 1.52. The van der Waals surface area contributed by atoms with Crippen molar-refractivity contribution < 1.29 is 13.9 Å². The number of ether oxygens (including phenoxy) is 2. The molecule has 96 valence electrons. The zero-order valence-electron chi connectivity index (χ0n) is 10.6. The first-order valence-electron chi connectivity index (χ1n) is 5.78. The van der Waals surface area contributed by atoms with E-state index in [9.17, 15) is 4.39 Å². The standard InChI is InChI=1S/C13H20FNO2/c1-4-15-11(8-16-3)9-17-12-6-5-10(2)13(14)7-12/h5-7,11,15H,4,8-9H2,1-3H3. The number of nitrogens with one attached hydrogen (secondary N) is 1. The van der Waals surface area contributed by atoms with Crippen molar-refractivity contribution in [2.45, 2.75) is 19.9 Å². The molecule has 0 aliphatic carbocycles. The van der Waals surface area contributed by atoms with E-state index < -0.39 is 0 Å². The Kier molecular flexibility index (Phi) is 5.94. The summed E-state index contributed by atoms with van der Waals surface area (Å²) in [5, 5.41) is 3.24. The quantitative estimate of drug-likeness (QED) is 0.793. The second-order valence-electron chi connectivity index (χ2n) is 3.93. The normalized spacial score (nSPS) is 12.5. The third-order valence-electron chi connectivity index (χ3n) is 2.46. The van der Waals surface area contributed by atoms with E-state index in [1.807, 2.05) is 6.92 Å². The number of rotatable bonds is 7. The Bertz CT molecular complexity index is 338. The van der Waals surface area contributed by atoms with E-state index in [1.165, 1.54) is 6.07 Å². The average Bonchev–Trinajstić information content (AvgIpc) is 2.31. The van der Waals surface area contributed by atoms with Gasteiger partial charge in [0.15, 0.2) is 0 Å². The Balaban J connectivity index is 2.49. The van der Waals surface area contributed by atoms with Crippen molar-refractivity contribution in [2.75, 3.05) is 26.9 Å². The molecule has 0 aromatic heterocycles. The van der Waals surface area contributed by atoms with Crippen LogP contribution in [0.5, 0.6) is 5.75 Å². The Morgan fingerprint density at radius 1 is 1.35 bits per heavy atom. The lowest BCUT2D eigenvalue weighted by atomic mass is 10.2. The monoisotopic (exact) mass is 241 g/mol. The van der Waals surface area contributed by atoms with Crippen LogP contribution in [-0.4, -0.2) is 32.9 Å². The highest BCUT2D eigenvalue weighted by Gasteiger charge is 2.08. The van der Waals surface area contributed by atoms with Crippen LogP contribution in [0.15, 0.2) is 18.2 Å². The van der Waals surface area contributed by atoms with Crippen molar-refractivity contribution >= 4 is 0 Å². The first kappa shape index (κ1) is 13.9. The summed E-state index contributed by atoms with van der Waals surface area (Å²) in [7, 11) is 1.65. The molecule has 0 radical (unpaired) electrons. The summed E-state index contributed by atoms with van der Waals surface area (Å²) < 4.78 is 23.9. The summed E-state index contributed by atoms with van der Waals surface area (Å²) >= 11 is 0. The molecule has 1 N–H and O–H groups in total. The van der Waals surface area contributed by atoms with Gasteiger partial charge < -0.3 is 14.8 Å². The number of methoxy groups -OCH3 is 1. The van der Waals surface area contributed by atoms with E-state index in [2.05, 4.69) is 5.32 Å². The lowest BCUT2D eigenvalue weighted by Crippen LogP contribution is -2.38. The summed E-state index contributed by atoms with van der Waals surface area (Å²) in [5.74, 6) is 0.307. The van der Waals surface area contributed by atoms with Gasteiger partial charge >= 0.3 is 0 Å². The van der Waals surface area contributed by atoms with Gasteiger partial charge in [-0.1, -0.05) is 13.0 Å². The molecule has 1 atom stereocenters. The van der Waals surface area contributed by atoms with Gasteiger partial charge in [0.1, 0.15) is 18.2 Å². The van der Waals surface area contributed by atoms with Crippen LogP contribution in [0.4, 0.5) is 4.39 Å². The molecule has 0 fully saturated rings. The van der Waals surface area contributed by atoms with E-state index in [0.717, 1.165) is 6.54 Å². The van der Waals surface area contributed by atoms with Crippen molar-refractivity contribution in [3.63, 3.8) is 0 Å². The van der Waals surface area contributed by atoms with Gasteiger partial charge in [0.05, 0.1) is 12.6 Å². The maximum Gasteiger partial charge on any atom is 0.129 e. The van der Waals surface area contributed by atoms with Crippen molar-refractivity contribution in [1.29, 1.82) is 0 Å². The summed E-state index contributed by atoms with van der Waals surface area (Å²) in [6.07, 6.45) is 0. The lowest BCUT2D eigenvalue weighted by Gasteiger charge is -2.17. The van der Waals surface area contributed by atoms with Gasteiger partial charge in [-0.3, -0.25) is 0 Å². The highest BCUT2D eigenvalue weighted by molar-refractivity contribution is 5.27. The molecule has 17 heavy (non-hydrogen) atoms. The van der Waals surface area contributed by atoms with Crippen LogP contribution in [-0.2, 0) is 4.74 Å². The molecule has 0 aliphatic rings. The van der Waals surface area contributed by atoms with Gasteiger partial charge in [-0.25, -0.2) is 4.39 Å². The van der Waals surface area contributed by atoms with Crippen LogP contribution >= 0.6 is 0 Å². The second-order valence-corrected chi connectivity index (χ2v) is 3.93. The summed E-state index contributed by atoms with van der Waals surface area (Å²) in [4.78, 5) is 0. The fourth-order valence-electron chi connectivity index (χ4n) is 1.52. The van der Waals surface area contributed by atoms with Crippen molar-refractivity contribution in [1.82, 2.24) is 5.32 Å². The molecular formula is C13H20FNO2. The number of likely N-dealkylation sites (N-methyl/N-ethyl adjacent to an activating group) is 1. The Morgan fingerprint density at radius 2 is 2.12 bits per heavy atom. The van der Waals surface area contributed by atoms with Crippen LogP contribution < -0.4 is 10.1 Å². The minimum Gasteiger partial charge on any atom is -0.492 e. The molecule has 0 spiro atoms. The largest absolute Gasteiger partial charge is 0.492 e. The topological polar surface area (TPSA) is 30.5 Å². The van der Waals surface area contributed by atoms with Gasteiger partial charge in [0.25, 0.3) is 0 Å². The molecule has 1 rings (SSSR count). The molecule has 0 aliphatic heterocycles. The zero-order valence-corrected chi connectivity index (χ0v) is 10.6. The summed E-state index contributed by atoms with van der Waals surface area (Å²) in [6.45, 7) is 5.63. The average molecular weight is 241 g/mol. The van der Waals surface area contributed by atoms with E-state index >= 15 is 0 Å². The van der Waals surface area contributed by atoms with Crippen LogP contribution in [0, 0.1) is 12.7 Å². The van der Waals surface area contributed by atoms with Crippen molar-refractivity contribution in [3.05, 3.63) is 29.6 Å². The first-order valence-corrected chi connectivity index (χ1v) is 5.78. The molecule has 1 aromatic carbocycles.